The number of hydrogen-bond donors (Lipinski definition) is 0. The highest BCUT2D eigenvalue weighted by Crippen LogP contribution is 2.23. The molecule has 4 nitrogen and oxygen atoms in total. The summed E-state index contributed by atoms with van der Waals surface area (Å²) in [6, 6.07) is 5.50. The number of ketones is 1. The molecule has 1 aromatic carbocycles. The molecule has 1 heterocycles. The smallest absolute Gasteiger partial charge is 0.223 e. The summed E-state index contributed by atoms with van der Waals surface area (Å²) in [6.45, 7) is 7.03. The van der Waals surface area contributed by atoms with Crippen molar-refractivity contribution in [2.45, 2.75) is 51.7 Å². The van der Waals surface area contributed by atoms with Crippen LogP contribution in [0.15, 0.2) is 24.3 Å². The molecule has 1 fully saturated rings. The lowest BCUT2D eigenvalue weighted by atomic mass is 9.99. The van der Waals surface area contributed by atoms with Gasteiger partial charge >= 0.3 is 0 Å². The maximum Gasteiger partial charge on any atom is 0.223 e. The zero-order valence-electron chi connectivity index (χ0n) is 14.0. The van der Waals surface area contributed by atoms with Crippen molar-refractivity contribution in [3.8, 4) is 0 Å². The zero-order valence-corrected chi connectivity index (χ0v) is 14.0. The summed E-state index contributed by atoms with van der Waals surface area (Å²) in [5, 5.41) is 0. The molecule has 0 aromatic heterocycles. The molecular weight excluding hydrogens is 297 g/mol. The van der Waals surface area contributed by atoms with Crippen molar-refractivity contribution in [3.63, 3.8) is 0 Å². The van der Waals surface area contributed by atoms with Gasteiger partial charge in [0.05, 0.1) is 18.2 Å². The van der Waals surface area contributed by atoms with Gasteiger partial charge in [-0.3, -0.25) is 9.59 Å². The van der Waals surface area contributed by atoms with Gasteiger partial charge in [-0.15, -0.1) is 0 Å². The van der Waals surface area contributed by atoms with Crippen LogP contribution in [0.3, 0.4) is 0 Å². The average Bonchev–Trinajstić information content (AvgIpc) is 2.50. The highest BCUT2D eigenvalue weighted by atomic mass is 19.1. The fourth-order valence-electron chi connectivity index (χ4n) is 2.74. The van der Waals surface area contributed by atoms with Gasteiger partial charge < -0.3 is 9.64 Å². The summed E-state index contributed by atoms with van der Waals surface area (Å²) in [5.74, 6) is -0.371. The Hall–Kier alpha value is -1.75. The third-order valence-electron chi connectivity index (χ3n) is 4.15. The number of rotatable bonds is 5. The van der Waals surface area contributed by atoms with E-state index in [0.29, 0.717) is 31.6 Å². The second-order valence-electron chi connectivity index (χ2n) is 6.72. The Kier molecular flexibility index (Phi) is 5.52. The number of halogens is 1. The SMILES string of the molecule is CC1CN(C(=O)CCCC(=O)c2ccc(F)cc2)C(C)(C)CO1. The molecule has 0 bridgehead atoms. The van der Waals surface area contributed by atoms with Crippen molar-refractivity contribution < 1.29 is 18.7 Å². The first kappa shape index (κ1) is 17.6. The van der Waals surface area contributed by atoms with Gasteiger partial charge in [0.15, 0.2) is 5.78 Å². The minimum absolute atomic E-state index is 0.0350. The zero-order chi connectivity index (χ0) is 17.0. The lowest BCUT2D eigenvalue weighted by Gasteiger charge is -2.44. The van der Waals surface area contributed by atoms with Gasteiger partial charge in [0, 0.05) is 24.9 Å². The first-order valence-corrected chi connectivity index (χ1v) is 8.00. The van der Waals surface area contributed by atoms with Gasteiger partial charge in [0.1, 0.15) is 5.82 Å². The van der Waals surface area contributed by atoms with E-state index >= 15 is 0 Å². The van der Waals surface area contributed by atoms with E-state index in [1.807, 2.05) is 25.7 Å². The minimum atomic E-state index is -0.361. The number of Topliss-reactive ketones (excluding diaryl/α,β-unsaturated/α-hetero) is 1. The Morgan fingerprint density at radius 1 is 1.26 bits per heavy atom. The molecule has 1 aliphatic heterocycles. The molecule has 1 amide bonds. The van der Waals surface area contributed by atoms with E-state index in [-0.39, 0.29) is 35.6 Å². The van der Waals surface area contributed by atoms with Crippen LogP contribution in [-0.4, -0.2) is 41.4 Å². The first-order chi connectivity index (χ1) is 10.8. The second kappa shape index (κ2) is 7.21. The third kappa shape index (κ3) is 4.61. The van der Waals surface area contributed by atoms with Crippen LogP contribution in [0.2, 0.25) is 0 Å². The van der Waals surface area contributed by atoms with E-state index in [0.717, 1.165) is 0 Å². The predicted molar refractivity (Wildman–Crippen MR) is 85.8 cm³/mol. The maximum atomic E-state index is 12.8. The highest BCUT2D eigenvalue weighted by Gasteiger charge is 2.36. The lowest BCUT2D eigenvalue weighted by molar-refractivity contribution is -0.152. The fraction of sp³-hybridized carbons (Fsp3) is 0.556. The monoisotopic (exact) mass is 321 g/mol. The van der Waals surface area contributed by atoms with E-state index < -0.39 is 0 Å². The number of hydrogen-bond acceptors (Lipinski definition) is 3. The molecule has 0 radical (unpaired) electrons. The minimum Gasteiger partial charge on any atom is -0.374 e. The topological polar surface area (TPSA) is 46.6 Å². The van der Waals surface area contributed by atoms with Crippen LogP contribution in [0.1, 0.15) is 50.4 Å². The van der Waals surface area contributed by atoms with Crippen molar-refractivity contribution in [2.75, 3.05) is 13.2 Å². The van der Waals surface area contributed by atoms with E-state index in [9.17, 15) is 14.0 Å². The number of carbonyl (C=O) groups is 2. The Morgan fingerprint density at radius 2 is 1.91 bits per heavy atom. The molecule has 1 atom stereocenters. The normalized spacial score (nSPS) is 20.3. The predicted octanol–water partition coefficient (Wildman–Crippen LogP) is 3.20. The maximum absolute atomic E-state index is 12.8. The lowest BCUT2D eigenvalue weighted by Crippen LogP contribution is -2.57. The fourth-order valence-corrected chi connectivity index (χ4v) is 2.74. The standard InChI is InChI=1S/C18H24FNO3/c1-13-11-20(18(2,3)12-23-13)17(22)6-4-5-16(21)14-7-9-15(19)10-8-14/h7-10,13H,4-6,11-12H2,1-3H3. The van der Waals surface area contributed by atoms with Gasteiger partial charge in [-0.1, -0.05) is 0 Å². The summed E-state index contributed by atoms with van der Waals surface area (Å²) >= 11 is 0. The molecule has 0 spiro atoms. The number of nitrogens with zero attached hydrogens (tertiary/aromatic N) is 1. The Bertz CT molecular complexity index is 568. The van der Waals surface area contributed by atoms with E-state index in [1.54, 1.807) is 0 Å². The summed E-state index contributed by atoms with van der Waals surface area (Å²) in [6.07, 6.45) is 1.16. The number of ether oxygens (including phenoxy) is 1. The highest BCUT2D eigenvalue weighted by molar-refractivity contribution is 5.96. The number of benzene rings is 1. The average molecular weight is 321 g/mol. The molecule has 1 saturated heterocycles. The van der Waals surface area contributed by atoms with Crippen molar-refractivity contribution >= 4 is 11.7 Å². The van der Waals surface area contributed by atoms with Gasteiger partial charge in [0.25, 0.3) is 0 Å². The Labute approximate surface area is 136 Å². The molecule has 0 aliphatic carbocycles. The second-order valence-corrected chi connectivity index (χ2v) is 6.72. The van der Waals surface area contributed by atoms with Crippen molar-refractivity contribution in [1.29, 1.82) is 0 Å². The molecule has 0 saturated carbocycles. The summed E-state index contributed by atoms with van der Waals surface area (Å²) in [4.78, 5) is 26.3. The van der Waals surface area contributed by atoms with E-state index in [1.165, 1.54) is 24.3 Å². The van der Waals surface area contributed by atoms with Crippen molar-refractivity contribution in [2.24, 2.45) is 0 Å². The van der Waals surface area contributed by atoms with Crippen molar-refractivity contribution in [3.05, 3.63) is 35.6 Å². The Morgan fingerprint density at radius 3 is 2.57 bits per heavy atom. The molecule has 5 heteroatoms. The third-order valence-corrected chi connectivity index (χ3v) is 4.15. The van der Waals surface area contributed by atoms with Crippen LogP contribution in [-0.2, 0) is 9.53 Å². The van der Waals surface area contributed by atoms with Crippen LogP contribution in [0.4, 0.5) is 4.39 Å². The Balaban J connectivity index is 1.84. The molecule has 23 heavy (non-hydrogen) atoms. The molecule has 1 aliphatic rings. The van der Waals surface area contributed by atoms with Crippen LogP contribution in [0, 0.1) is 5.82 Å². The first-order valence-electron chi connectivity index (χ1n) is 8.00. The summed E-state index contributed by atoms with van der Waals surface area (Å²) in [7, 11) is 0. The number of morpholine rings is 1. The molecule has 0 N–H and O–H groups in total. The molecular formula is C18H24FNO3. The quantitative estimate of drug-likeness (QED) is 0.782. The van der Waals surface area contributed by atoms with Crippen LogP contribution < -0.4 is 0 Å². The van der Waals surface area contributed by atoms with Crippen LogP contribution >= 0.6 is 0 Å². The van der Waals surface area contributed by atoms with Crippen molar-refractivity contribution in [1.82, 2.24) is 4.90 Å². The largest absolute Gasteiger partial charge is 0.374 e. The molecule has 126 valence electrons. The van der Waals surface area contributed by atoms with Gasteiger partial charge in [0.2, 0.25) is 5.91 Å². The van der Waals surface area contributed by atoms with Crippen LogP contribution in [0.5, 0.6) is 0 Å². The molecule has 1 unspecified atom stereocenters. The van der Waals surface area contributed by atoms with Gasteiger partial charge in [-0.2, -0.15) is 0 Å². The molecule has 1 aromatic rings. The number of amides is 1. The van der Waals surface area contributed by atoms with Gasteiger partial charge in [-0.25, -0.2) is 4.39 Å². The summed E-state index contributed by atoms with van der Waals surface area (Å²) in [5.41, 5.74) is 0.170. The number of carbonyl (C=O) groups excluding carboxylic acids is 2. The molecule has 2 rings (SSSR count). The van der Waals surface area contributed by atoms with Gasteiger partial charge in [-0.05, 0) is 51.5 Å². The summed E-state index contributed by atoms with van der Waals surface area (Å²) < 4.78 is 18.5. The van der Waals surface area contributed by atoms with Crippen LogP contribution in [0.25, 0.3) is 0 Å². The van der Waals surface area contributed by atoms with E-state index in [4.69, 9.17) is 4.74 Å². The van der Waals surface area contributed by atoms with E-state index in [2.05, 4.69) is 0 Å².